The Hall–Kier alpha value is -2.37. The minimum absolute atomic E-state index is 0. The second kappa shape index (κ2) is 9.20. The molecule has 3 rings (SSSR count). The van der Waals surface area contributed by atoms with Crippen molar-refractivity contribution in [2.24, 2.45) is 4.99 Å². The van der Waals surface area contributed by atoms with Gasteiger partial charge in [0.05, 0.1) is 25.8 Å². The van der Waals surface area contributed by atoms with Gasteiger partial charge in [0.15, 0.2) is 4.80 Å². The molecule has 0 radical (unpaired) electrons. The Bertz CT molecular complexity index is 873. The number of ether oxygens (including phenoxy) is 1. The quantitative estimate of drug-likeness (QED) is 0.634. The molecule has 0 bridgehead atoms. The Balaban J connectivity index is 0.00000225. The molecule has 130 valence electrons. The topological polar surface area (TPSA) is 43.6 Å². The van der Waals surface area contributed by atoms with Crippen LogP contribution < -0.4 is 4.80 Å². The van der Waals surface area contributed by atoms with Crippen LogP contribution in [-0.2, 0) is 22.5 Å². The molecule has 0 unspecified atom stereocenters. The molecule has 0 saturated heterocycles. The van der Waals surface area contributed by atoms with Crippen LogP contribution in [0.5, 0.6) is 0 Å². The Morgan fingerprint density at radius 2 is 1.72 bits per heavy atom. The highest BCUT2D eigenvalue weighted by Crippen LogP contribution is 2.12. The maximum atomic E-state index is 11.7. The number of methoxy groups -OCH3 is 1. The summed E-state index contributed by atoms with van der Waals surface area (Å²) in [5.74, 6) is -0.249. The number of carbonyl (C=O) groups excluding carboxylic acids is 1. The van der Waals surface area contributed by atoms with Crippen LogP contribution in [0.25, 0.3) is 0 Å². The van der Waals surface area contributed by atoms with Gasteiger partial charge in [0, 0.05) is 11.1 Å². The van der Waals surface area contributed by atoms with Crippen molar-refractivity contribution >= 4 is 35.4 Å². The van der Waals surface area contributed by atoms with Crippen LogP contribution in [0.4, 0.5) is 5.69 Å². The number of halogens is 1. The predicted octanol–water partition coefficient (Wildman–Crippen LogP) is 3.97. The van der Waals surface area contributed by atoms with E-state index in [1.165, 1.54) is 18.4 Å². The molecule has 0 aliphatic carbocycles. The molecule has 0 aliphatic heterocycles. The molecule has 0 N–H and O–H groups in total. The van der Waals surface area contributed by atoms with Crippen LogP contribution in [0.3, 0.4) is 0 Å². The molecule has 1 aromatic heterocycles. The Morgan fingerprint density at radius 1 is 1.08 bits per heavy atom. The maximum absolute atomic E-state index is 11.7. The van der Waals surface area contributed by atoms with Crippen molar-refractivity contribution < 1.29 is 9.53 Å². The molecule has 0 spiro atoms. The zero-order valence-electron chi connectivity index (χ0n) is 13.8. The summed E-state index contributed by atoms with van der Waals surface area (Å²) in [5, 5.41) is 1.97. The second-order valence-electron chi connectivity index (χ2n) is 5.28. The van der Waals surface area contributed by atoms with Crippen LogP contribution in [0.1, 0.15) is 11.3 Å². The summed E-state index contributed by atoms with van der Waals surface area (Å²) in [6, 6.07) is 20.0. The maximum Gasteiger partial charge on any atom is 0.311 e. The van der Waals surface area contributed by atoms with Crippen LogP contribution in [-0.4, -0.2) is 17.6 Å². The highest BCUT2D eigenvalue weighted by atomic mass is 35.5. The number of para-hydroxylation sites is 1. The van der Waals surface area contributed by atoms with Gasteiger partial charge in [-0.2, -0.15) is 0 Å². The van der Waals surface area contributed by atoms with Gasteiger partial charge in [-0.15, -0.1) is 23.7 Å². The van der Waals surface area contributed by atoms with Gasteiger partial charge in [-0.1, -0.05) is 48.5 Å². The molecule has 25 heavy (non-hydrogen) atoms. The highest BCUT2D eigenvalue weighted by molar-refractivity contribution is 7.07. The van der Waals surface area contributed by atoms with Crippen LogP contribution >= 0.6 is 23.7 Å². The zero-order chi connectivity index (χ0) is 16.8. The van der Waals surface area contributed by atoms with E-state index in [-0.39, 0.29) is 24.8 Å². The van der Waals surface area contributed by atoms with Gasteiger partial charge in [-0.3, -0.25) is 4.79 Å². The number of nitrogens with zero attached hydrogens (tertiary/aromatic N) is 2. The minimum atomic E-state index is -0.249. The normalized spacial score (nSPS) is 11.0. The lowest BCUT2D eigenvalue weighted by Gasteiger charge is -2.08. The smallest absolute Gasteiger partial charge is 0.311 e. The Kier molecular flexibility index (Phi) is 6.98. The summed E-state index contributed by atoms with van der Waals surface area (Å²) >= 11 is 1.53. The van der Waals surface area contributed by atoms with Crippen LogP contribution in [0.15, 0.2) is 71.0 Å². The molecule has 0 aliphatic rings. The number of thiazole rings is 1. The Morgan fingerprint density at radius 3 is 2.36 bits per heavy atom. The van der Waals surface area contributed by atoms with E-state index in [9.17, 15) is 4.79 Å². The summed E-state index contributed by atoms with van der Waals surface area (Å²) in [5.41, 5.74) is 2.97. The molecule has 0 fully saturated rings. The molecular weight excluding hydrogens is 356 g/mol. The van der Waals surface area contributed by atoms with E-state index >= 15 is 0 Å². The fraction of sp³-hybridized carbons (Fsp3) is 0.158. The number of hydrogen-bond acceptors (Lipinski definition) is 4. The average molecular weight is 375 g/mol. The van der Waals surface area contributed by atoms with Gasteiger partial charge in [-0.25, -0.2) is 4.99 Å². The van der Waals surface area contributed by atoms with Gasteiger partial charge in [0.2, 0.25) is 0 Å². The molecular formula is C19H19ClN2O2S. The first-order valence-electron chi connectivity index (χ1n) is 7.64. The number of hydrogen-bond donors (Lipinski definition) is 0. The van der Waals surface area contributed by atoms with Crippen molar-refractivity contribution in [3.05, 3.63) is 82.1 Å². The van der Waals surface area contributed by atoms with Crippen molar-refractivity contribution in [1.82, 2.24) is 4.57 Å². The van der Waals surface area contributed by atoms with E-state index in [0.29, 0.717) is 6.54 Å². The molecule has 0 amide bonds. The fourth-order valence-electron chi connectivity index (χ4n) is 2.36. The lowest BCUT2D eigenvalue weighted by Crippen LogP contribution is -2.20. The van der Waals surface area contributed by atoms with E-state index in [1.54, 1.807) is 0 Å². The third kappa shape index (κ3) is 5.05. The van der Waals surface area contributed by atoms with Crippen molar-refractivity contribution in [2.45, 2.75) is 13.0 Å². The van der Waals surface area contributed by atoms with Crippen molar-refractivity contribution in [1.29, 1.82) is 0 Å². The van der Waals surface area contributed by atoms with Gasteiger partial charge < -0.3 is 9.30 Å². The average Bonchev–Trinajstić information content (AvgIpc) is 2.98. The van der Waals surface area contributed by atoms with E-state index < -0.39 is 0 Å². The van der Waals surface area contributed by atoms with Crippen molar-refractivity contribution in [2.75, 3.05) is 7.11 Å². The van der Waals surface area contributed by atoms with Gasteiger partial charge in [0.1, 0.15) is 0 Å². The first-order valence-corrected chi connectivity index (χ1v) is 8.52. The first-order chi connectivity index (χ1) is 11.8. The number of benzene rings is 2. The summed E-state index contributed by atoms with van der Waals surface area (Å²) in [4.78, 5) is 17.3. The second-order valence-corrected chi connectivity index (χ2v) is 6.12. The minimum Gasteiger partial charge on any atom is -0.469 e. The summed E-state index contributed by atoms with van der Waals surface area (Å²) in [7, 11) is 1.41. The number of carbonyl (C=O) groups is 1. The SMILES string of the molecule is COC(=O)Cc1csc(=Nc2ccccc2)n1Cc1ccccc1.Cl. The Labute approximate surface area is 156 Å². The summed E-state index contributed by atoms with van der Waals surface area (Å²) < 4.78 is 6.88. The van der Waals surface area contributed by atoms with Crippen molar-refractivity contribution in [3.63, 3.8) is 0 Å². The van der Waals surface area contributed by atoms with Crippen LogP contribution in [0.2, 0.25) is 0 Å². The van der Waals surface area contributed by atoms with E-state index in [4.69, 9.17) is 9.73 Å². The monoisotopic (exact) mass is 374 g/mol. The molecule has 0 atom stereocenters. The van der Waals surface area contributed by atoms with Crippen molar-refractivity contribution in [3.8, 4) is 0 Å². The largest absolute Gasteiger partial charge is 0.469 e. The number of aromatic nitrogens is 1. The fourth-order valence-corrected chi connectivity index (χ4v) is 3.28. The van der Waals surface area contributed by atoms with Gasteiger partial charge in [-0.05, 0) is 17.7 Å². The summed E-state index contributed by atoms with van der Waals surface area (Å²) in [6.45, 7) is 0.669. The van der Waals surface area contributed by atoms with Gasteiger partial charge in [0.25, 0.3) is 0 Å². The molecule has 6 heteroatoms. The molecule has 3 aromatic rings. The third-order valence-electron chi connectivity index (χ3n) is 3.60. The molecule has 4 nitrogen and oxygen atoms in total. The lowest BCUT2D eigenvalue weighted by atomic mass is 10.2. The number of esters is 1. The van der Waals surface area contributed by atoms with E-state index in [0.717, 1.165) is 21.7 Å². The number of rotatable bonds is 5. The third-order valence-corrected chi connectivity index (χ3v) is 4.51. The standard InChI is InChI=1S/C19H18N2O2S.ClH/c1-23-18(22)12-17-14-24-19(20-16-10-6-3-7-11-16)21(17)13-15-8-4-2-5-9-15;/h2-11,14H,12-13H2,1H3;1H. The highest BCUT2D eigenvalue weighted by Gasteiger charge is 2.11. The van der Waals surface area contributed by atoms with Gasteiger partial charge >= 0.3 is 5.97 Å². The molecule has 0 saturated carbocycles. The zero-order valence-corrected chi connectivity index (χ0v) is 15.4. The first kappa shape index (κ1) is 19.0. The molecule has 1 heterocycles. The molecule has 2 aromatic carbocycles. The lowest BCUT2D eigenvalue weighted by molar-refractivity contribution is -0.139. The van der Waals surface area contributed by atoms with E-state index in [2.05, 4.69) is 16.7 Å². The van der Waals surface area contributed by atoms with E-state index in [1.807, 2.05) is 53.9 Å². The predicted molar refractivity (Wildman–Crippen MR) is 102 cm³/mol. The van der Waals surface area contributed by atoms with Crippen LogP contribution in [0, 0.1) is 0 Å². The summed E-state index contributed by atoms with van der Waals surface area (Å²) in [6.07, 6.45) is 0.240.